The minimum atomic E-state index is -4.75. The Morgan fingerprint density at radius 1 is 1.21 bits per heavy atom. The van der Waals surface area contributed by atoms with E-state index in [-0.39, 0.29) is 12.1 Å². The lowest BCUT2D eigenvalue weighted by Crippen LogP contribution is -2.15. The fourth-order valence-electron chi connectivity index (χ4n) is 1.81. The molecule has 0 saturated carbocycles. The quantitative estimate of drug-likeness (QED) is 0.631. The van der Waals surface area contributed by atoms with Gasteiger partial charge in [-0.1, -0.05) is 6.92 Å². The lowest BCUT2D eigenvalue weighted by molar-refractivity contribution is -0.141. The zero-order chi connectivity index (χ0) is 17.9. The van der Waals surface area contributed by atoms with Crippen molar-refractivity contribution in [2.75, 3.05) is 7.11 Å². The predicted molar refractivity (Wildman–Crippen MR) is 75.8 cm³/mol. The van der Waals surface area contributed by atoms with E-state index < -0.39 is 29.5 Å². The molecule has 24 heavy (non-hydrogen) atoms. The number of alkyl halides is 3. The summed E-state index contributed by atoms with van der Waals surface area (Å²) in [6.07, 6.45) is -4.84. The Bertz CT molecular complexity index is 751. The van der Waals surface area contributed by atoms with Gasteiger partial charge in [-0.05, 0) is 24.3 Å². The summed E-state index contributed by atoms with van der Waals surface area (Å²) in [5.74, 6) is -1.58. The average Bonchev–Trinajstić information content (AvgIpc) is 3.00. The number of methoxy groups -OCH3 is 1. The van der Waals surface area contributed by atoms with Crippen LogP contribution in [0.3, 0.4) is 0 Å². The smallest absolute Gasteiger partial charge is 0.435 e. The van der Waals surface area contributed by atoms with Gasteiger partial charge in [0.15, 0.2) is 11.4 Å². The highest BCUT2D eigenvalue weighted by molar-refractivity contribution is 5.96. The molecule has 1 aromatic heterocycles. The molecule has 0 aliphatic heterocycles. The van der Waals surface area contributed by atoms with Gasteiger partial charge in [0.1, 0.15) is 5.75 Å². The van der Waals surface area contributed by atoms with Crippen LogP contribution in [-0.2, 0) is 15.7 Å². The van der Waals surface area contributed by atoms with Crippen LogP contribution >= 0.6 is 0 Å². The maximum atomic E-state index is 12.9. The first-order chi connectivity index (χ1) is 11.3. The zero-order valence-corrected chi connectivity index (χ0v) is 12.8. The molecule has 6 nitrogen and oxygen atoms in total. The van der Waals surface area contributed by atoms with Crippen LogP contribution in [0.25, 0.3) is 5.69 Å². The molecule has 0 saturated heterocycles. The number of hydrogen-bond acceptors (Lipinski definition) is 5. The molecule has 0 radical (unpaired) electrons. The highest BCUT2D eigenvalue weighted by atomic mass is 19.4. The van der Waals surface area contributed by atoms with Crippen molar-refractivity contribution >= 4 is 11.9 Å². The number of hydrogen-bond donors (Lipinski definition) is 0. The second-order valence-electron chi connectivity index (χ2n) is 4.64. The zero-order valence-electron chi connectivity index (χ0n) is 12.8. The number of carbonyl (C=O) groups excluding carboxylic acids is 2. The van der Waals surface area contributed by atoms with Crippen molar-refractivity contribution in [3.05, 3.63) is 41.7 Å². The minimum Gasteiger partial charge on any atom is -0.497 e. The molecule has 0 aliphatic rings. The summed E-state index contributed by atoms with van der Waals surface area (Å²) in [5, 5.41) is 3.40. The number of aromatic nitrogens is 2. The van der Waals surface area contributed by atoms with Crippen LogP contribution < -0.4 is 4.74 Å². The molecule has 0 unspecified atom stereocenters. The Balaban J connectivity index is 2.49. The number of carbonyl (C=O) groups is 2. The third-order valence-corrected chi connectivity index (χ3v) is 3.02. The van der Waals surface area contributed by atoms with Crippen molar-refractivity contribution in [2.24, 2.45) is 0 Å². The van der Waals surface area contributed by atoms with Crippen LogP contribution in [0.2, 0.25) is 0 Å². The van der Waals surface area contributed by atoms with Crippen LogP contribution in [0, 0.1) is 0 Å². The number of ether oxygens (including phenoxy) is 2. The molecule has 0 spiro atoms. The molecule has 1 aromatic carbocycles. The number of nitrogens with zero attached hydrogens (tertiary/aromatic N) is 2. The molecule has 9 heteroatoms. The largest absolute Gasteiger partial charge is 0.497 e. The second-order valence-corrected chi connectivity index (χ2v) is 4.64. The maximum Gasteiger partial charge on any atom is 0.435 e. The van der Waals surface area contributed by atoms with E-state index >= 15 is 0 Å². The van der Waals surface area contributed by atoms with Crippen LogP contribution in [0.15, 0.2) is 30.3 Å². The van der Waals surface area contributed by atoms with Gasteiger partial charge in [-0.25, -0.2) is 9.48 Å². The van der Waals surface area contributed by atoms with Crippen molar-refractivity contribution in [1.82, 2.24) is 9.78 Å². The molecule has 0 fully saturated rings. The van der Waals surface area contributed by atoms with E-state index in [1.807, 2.05) is 0 Å². The topological polar surface area (TPSA) is 70.4 Å². The molecule has 128 valence electrons. The van der Waals surface area contributed by atoms with E-state index in [9.17, 15) is 22.8 Å². The minimum absolute atomic E-state index is 0.0887. The molecule has 0 aliphatic carbocycles. The molecule has 2 aromatic rings. The van der Waals surface area contributed by atoms with Crippen molar-refractivity contribution in [3.63, 3.8) is 0 Å². The maximum absolute atomic E-state index is 12.9. The Labute approximate surface area is 134 Å². The van der Waals surface area contributed by atoms with E-state index in [0.717, 1.165) is 4.68 Å². The number of benzene rings is 1. The lowest BCUT2D eigenvalue weighted by Gasteiger charge is -2.07. The molecular weight excluding hydrogens is 329 g/mol. The van der Waals surface area contributed by atoms with Gasteiger partial charge < -0.3 is 9.47 Å². The predicted octanol–water partition coefficient (Wildman–Crippen LogP) is 2.99. The van der Waals surface area contributed by atoms with Crippen molar-refractivity contribution in [3.8, 4) is 11.4 Å². The molecule has 0 bridgehead atoms. The van der Waals surface area contributed by atoms with Gasteiger partial charge in [0.2, 0.25) is 0 Å². The van der Waals surface area contributed by atoms with Crippen LogP contribution in [0.5, 0.6) is 5.75 Å². The third-order valence-electron chi connectivity index (χ3n) is 3.02. The van der Waals surface area contributed by atoms with Gasteiger partial charge in [-0.2, -0.15) is 18.3 Å². The van der Waals surface area contributed by atoms with Crippen molar-refractivity contribution < 1.29 is 32.2 Å². The Morgan fingerprint density at radius 2 is 1.83 bits per heavy atom. The van der Waals surface area contributed by atoms with E-state index in [2.05, 4.69) is 9.84 Å². The molecular formula is C15H13F3N2O4. The first-order valence-corrected chi connectivity index (χ1v) is 6.83. The highest BCUT2D eigenvalue weighted by Gasteiger charge is 2.36. The molecule has 0 N–H and O–H groups in total. The van der Waals surface area contributed by atoms with Crippen molar-refractivity contribution in [1.29, 1.82) is 0 Å². The van der Waals surface area contributed by atoms with Crippen LogP contribution in [0.1, 0.15) is 29.5 Å². The van der Waals surface area contributed by atoms with Gasteiger partial charge in [-0.15, -0.1) is 0 Å². The Hall–Kier alpha value is -2.84. The number of rotatable bonds is 4. The van der Waals surface area contributed by atoms with Crippen LogP contribution in [-0.4, -0.2) is 28.8 Å². The molecule has 1 heterocycles. The fraction of sp³-hybridized carbons (Fsp3) is 0.267. The Kier molecular flexibility index (Phi) is 4.91. The van der Waals surface area contributed by atoms with Crippen molar-refractivity contribution in [2.45, 2.75) is 19.5 Å². The van der Waals surface area contributed by atoms with Gasteiger partial charge in [-0.3, -0.25) is 4.79 Å². The third kappa shape index (κ3) is 3.73. The molecule has 2 rings (SSSR count). The summed E-state index contributed by atoms with van der Waals surface area (Å²) in [6.45, 7) is 1.46. The monoisotopic (exact) mass is 342 g/mol. The summed E-state index contributed by atoms with van der Waals surface area (Å²) in [6, 6.07) is 6.37. The van der Waals surface area contributed by atoms with Gasteiger partial charge in [0.05, 0.1) is 12.8 Å². The summed E-state index contributed by atoms with van der Waals surface area (Å²) >= 11 is 0. The summed E-state index contributed by atoms with van der Waals surface area (Å²) in [5.41, 5.74) is -1.59. The van der Waals surface area contributed by atoms with E-state index in [1.165, 1.54) is 38.3 Å². The van der Waals surface area contributed by atoms with Gasteiger partial charge in [0.25, 0.3) is 0 Å². The highest BCUT2D eigenvalue weighted by Crippen LogP contribution is 2.30. The van der Waals surface area contributed by atoms with Gasteiger partial charge >= 0.3 is 18.1 Å². The lowest BCUT2D eigenvalue weighted by atomic mass is 10.3. The first-order valence-electron chi connectivity index (χ1n) is 6.83. The van der Waals surface area contributed by atoms with E-state index in [1.54, 1.807) is 0 Å². The summed E-state index contributed by atoms with van der Waals surface area (Å²) in [4.78, 5) is 23.2. The summed E-state index contributed by atoms with van der Waals surface area (Å²) in [7, 11) is 1.43. The molecule has 0 atom stereocenters. The van der Waals surface area contributed by atoms with E-state index in [4.69, 9.17) is 4.74 Å². The van der Waals surface area contributed by atoms with Crippen LogP contribution in [0.4, 0.5) is 13.2 Å². The second kappa shape index (κ2) is 6.73. The number of esters is 2. The first kappa shape index (κ1) is 17.5. The normalized spacial score (nSPS) is 11.2. The standard InChI is InChI=1S/C15H13F3N2O4/c1-3-13(21)24-14(22)11-8-12(15(16,17)18)19-20(11)9-4-6-10(23-2)7-5-9/h4-8H,3H2,1-2H3. The van der Waals surface area contributed by atoms with Gasteiger partial charge in [0, 0.05) is 12.5 Å². The SMILES string of the molecule is CCC(=O)OC(=O)c1cc(C(F)(F)F)nn1-c1ccc(OC)cc1. The number of halogens is 3. The molecule has 0 amide bonds. The summed E-state index contributed by atoms with van der Waals surface area (Å²) < 4.78 is 48.9. The average molecular weight is 342 g/mol. The Morgan fingerprint density at radius 3 is 2.33 bits per heavy atom. The fourth-order valence-corrected chi connectivity index (χ4v) is 1.81. The van der Waals surface area contributed by atoms with E-state index in [0.29, 0.717) is 11.8 Å².